The third kappa shape index (κ3) is 4.69. The van der Waals surface area contributed by atoms with E-state index in [2.05, 4.69) is 54.1 Å². The second-order valence-corrected chi connectivity index (χ2v) is 9.01. The van der Waals surface area contributed by atoms with Crippen LogP contribution in [0, 0.1) is 20.8 Å². The maximum Gasteiger partial charge on any atom is 0.341 e. The number of likely N-dealkylation sites (tertiary alicyclic amines) is 1. The summed E-state index contributed by atoms with van der Waals surface area (Å²) in [5.74, 6) is -0.257. The SMILES string of the molecule is Cc1cccc(C)c1C(C)OC(=O)c1c(C)[nH]c2ccc(CCN3CCCCC3)cc12. The number of rotatable bonds is 6. The fraction of sp³-hybridized carbons (Fsp3) is 0.444. The third-order valence-corrected chi connectivity index (χ3v) is 6.65. The van der Waals surface area contributed by atoms with Crippen LogP contribution in [0.5, 0.6) is 0 Å². The largest absolute Gasteiger partial charge is 0.454 e. The first-order valence-corrected chi connectivity index (χ1v) is 11.5. The van der Waals surface area contributed by atoms with E-state index in [0.29, 0.717) is 5.56 Å². The highest BCUT2D eigenvalue weighted by atomic mass is 16.5. The van der Waals surface area contributed by atoms with Crippen molar-refractivity contribution in [2.24, 2.45) is 0 Å². The van der Waals surface area contributed by atoms with Gasteiger partial charge in [0.1, 0.15) is 6.10 Å². The number of aromatic amines is 1. The quantitative estimate of drug-likeness (QED) is 0.496. The van der Waals surface area contributed by atoms with E-state index in [-0.39, 0.29) is 12.1 Å². The average molecular weight is 419 g/mol. The Balaban J connectivity index is 1.54. The summed E-state index contributed by atoms with van der Waals surface area (Å²) in [6, 6.07) is 12.6. The van der Waals surface area contributed by atoms with Gasteiger partial charge in [-0.3, -0.25) is 0 Å². The lowest BCUT2D eigenvalue weighted by atomic mass is 9.99. The normalized spacial score (nSPS) is 15.9. The summed E-state index contributed by atoms with van der Waals surface area (Å²) in [6.07, 6.45) is 4.69. The van der Waals surface area contributed by atoms with E-state index < -0.39 is 0 Å². The van der Waals surface area contributed by atoms with Crippen LogP contribution in [0.3, 0.4) is 0 Å². The molecular formula is C27H34N2O2. The van der Waals surface area contributed by atoms with Gasteiger partial charge >= 0.3 is 5.97 Å². The minimum absolute atomic E-state index is 0.257. The highest BCUT2D eigenvalue weighted by molar-refractivity contribution is 6.05. The fourth-order valence-corrected chi connectivity index (χ4v) is 5.01. The molecule has 0 bridgehead atoms. The Morgan fingerprint density at radius 1 is 1.06 bits per heavy atom. The highest BCUT2D eigenvalue weighted by Gasteiger charge is 2.22. The van der Waals surface area contributed by atoms with Crippen LogP contribution in [-0.4, -0.2) is 35.5 Å². The Bertz CT molecular complexity index is 1060. The van der Waals surface area contributed by atoms with E-state index in [9.17, 15) is 4.79 Å². The van der Waals surface area contributed by atoms with Gasteiger partial charge in [-0.15, -0.1) is 0 Å². The molecule has 2 aromatic carbocycles. The number of esters is 1. The number of carbonyl (C=O) groups excluding carboxylic acids is 1. The maximum atomic E-state index is 13.2. The molecule has 0 spiro atoms. The molecule has 0 aliphatic carbocycles. The second kappa shape index (κ2) is 9.27. The molecule has 4 heteroatoms. The summed E-state index contributed by atoms with van der Waals surface area (Å²) in [5, 5.41) is 0.965. The van der Waals surface area contributed by atoms with E-state index in [1.807, 2.05) is 19.9 Å². The van der Waals surface area contributed by atoms with E-state index in [1.165, 1.54) is 37.9 Å². The Morgan fingerprint density at radius 2 is 1.77 bits per heavy atom. The van der Waals surface area contributed by atoms with Crippen molar-refractivity contribution < 1.29 is 9.53 Å². The molecule has 1 N–H and O–H groups in total. The Kier molecular flexibility index (Phi) is 6.47. The molecule has 0 saturated carbocycles. The predicted molar refractivity (Wildman–Crippen MR) is 127 cm³/mol. The molecule has 4 nitrogen and oxygen atoms in total. The lowest BCUT2D eigenvalue weighted by Crippen LogP contribution is -2.31. The van der Waals surface area contributed by atoms with Crippen LogP contribution >= 0.6 is 0 Å². The molecule has 1 saturated heterocycles. The van der Waals surface area contributed by atoms with Crippen molar-refractivity contribution in [3.05, 3.63) is 69.9 Å². The summed E-state index contributed by atoms with van der Waals surface area (Å²) in [5.41, 5.74) is 7.18. The summed E-state index contributed by atoms with van der Waals surface area (Å²) in [4.78, 5) is 19.1. The molecule has 2 heterocycles. The van der Waals surface area contributed by atoms with Crippen LogP contribution in [0.2, 0.25) is 0 Å². The zero-order valence-electron chi connectivity index (χ0n) is 19.3. The van der Waals surface area contributed by atoms with Crippen LogP contribution in [-0.2, 0) is 11.2 Å². The zero-order chi connectivity index (χ0) is 22.0. The van der Waals surface area contributed by atoms with E-state index in [4.69, 9.17) is 4.74 Å². The molecular weight excluding hydrogens is 384 g/mol. The van der Waals surface area contributed by atoms with Crippen molar-refractivity contribution in [2.45, 2.75) is 59.5 Å². The minimum Gasteiger partial charge on any atom is -0.454 e. The van der Waals surface area contributed by atoms with Crippen molar-refractivity contribution in [1.29, 1.82) is 0 Å². The smallest absolute Gasteiger partial charge is 0.341 e. The number of aromatic nitrogens is 1. The molecule has 1 aliphatic heterocycles. The number of carbonyl (C=O) groups is 1. The molecule has 1 atom stereocenters. The van der Waals surface area contributed by atoms with Gasteiger partial charge < -0.3 is 14.6 Å². The van der Waals surface area contributed by atoms with Crippen molar-refractivity contribution in [1.82, 2.24) is 9.88 Å². The zero-order valence-corrected chi connectivity index (χ0v) is 19.3. The van der Waals surface area contributed by atoms with E-state index >= 15 is 0 Å². The van der Waals surface area contributed by atoms with Crippen LogP contribution in [0.4, 0.5) is 0 Å². The van der Waals surface area contributed by atoms with Gasteiger partial charge in [0.15, 0.2) is 0 Å². The number of fused-ring (bicyclic) bond motifs is 1. The molecule has 0 amide bonds. The molecule has 1 unspecified atom stereocenters. The highest BCUT2D eigenvalue weighted by Crippen LogP contribution is 2.29. The number of piperidine rings is 1. The summed E-state index contributed by atoms with van der Waals surface area (Å²) < 4.78 is 5.96. The summed E-state index contributed by atoms with van der Waals surface area (Å²) in [6.45, 7) is 11.5. The van der Waals surface area contributed by atoms with Crippen molar-refractivity contribution in [3.8, 4) is 0 Å². The van der Waals surface area contributed by atoms with Crippen LogP contribution in [0.25, 0.3) is 10.9 Å². The summed E-state index contributed by atoms with van der Waals surface area (Å²) >= 11 is 0. The van der Waals surface area contributed by atoms with Crippen LogP contribution < -0.4 is 0 Å². The average Bonchev–Trinajstić information content (AvgIpc) is 3.08. The summed E-state index contributed by atoms with van der Waals surface area (Å²) in [7, 11) is 0. The Morgan fingerprint density at radius 3 is 2.48 bits per heavy atom. The van der Waals surface area contributed by atoms with E-state index in [0.717, 1.165) is 46.3 Å². The van der Waals surface area contributed by atoms with Crippen LogP contribution in [0.15, 0.2) is 36.4 Å². The third-order valence-electron chi connectivity index (χ3n) is 6.65. The van der Waals surface area contributed by atoms with Crippen molar-refractivity contribution in [2.75, 3.05) is 19.6 Å². The standard InChI is InChI=1S/C27H34N2O2/c1-18-9-8-10-19(2)25(18)21(4)31-27(30)26-20(3)28-24-12-11-22(17-23(24)26)13-16-29-14-6-5-7-15-29/h8-12,17,21,28H,5-7,13-16H2,1-4H3. The first-order chi connectivity index (χ1) is 14.9. The molecule has 0 radical (unpaired) electrons. The number of nitrogens with one attached hydrogen (secondary N) is 1. The number of nitrogens with zero attached hydrogens (tertiary/aromatic N) is 1. The van der Waals surface area contributed by atoms with Gasteiger partial charge in [0.25, 0.3) is 0 Å². The maximum absolute atomic E-state index is 13.2. The topological polar surface area (TPSA) is 45.3 Å². The first-order valence-electron chi connectivity index (χ1n) is 11.5. The van der Waals surface area contributed by atoms with E-state index in [1.54, 1.807) is 0 Å². The van der Waals surface area contributed by atoms with Gasteiger partial charge in [0, 0.05) is 23.1 Å². The Labute approximate surface area is 185 Å². The molecule has 1 fully saturated rings. The molecule has 3 aromatic rings. The van der Waals surface area contributed by atoms with Gasteiger partial charge in [-0.25, -0.2) is 4.79 Å². The molecule has 4 rings (SSSR count). The van der Waals surface area contributed by atoms with Gasteiger partial charge in [0.2, 0.25) is 0 Å². The fourth-order valence-electron chi connectivity index (χ4n) is 5.01. The minimum atomic E-state index is -0.291. The number of aryl methyl sites for hydroxylation is 3. The molecule has 1 aromatic heterocycles. The number of H-pyrrole nitrogens is 1. The lowest BCUT2D eigenvalue weighted by Gasteiger charge is -2.26. The van der Waals surface area contributed by atoms with Gasteiger partial charge in [-0.05, 0) is 94.4 Å². The van der Waals surface area contributed by atoms with Crippen molar-refractivity contribution in [3.63, 3.8) is 0 Å². The van der Waals surface area contributed by atoms with Crippen LogP contribution in [0.1, 0.15) is 70.6 Å². The molecule has 1 aliphatic rings. The predicted octanol–water partition coefficient (Wildman–Crippen LogP) is 6.04. The van der Waals surface area contributed by atoms with Gasteiger partial charge in [0.05, 0.1) is 5.56 Å². The number of benzene rings is 2. The Hall–Kier alpha value is -2.59. The van der Waals surface area contributed by atoms with Gasteiger partial charge in [-0.2, -0.15) is 0 Å². The lowest BCUT2D eigenvalue weighted by molar-refractivity contribution is 0.0337. The second-order valence-electron chi connectivity index (χ2n) is 9.01. The number of hydrogen-bond acceptors (Lipinski definition) is 3. The van der Waals surface area contributed by atoms with Gasteiger partial charge in [-0.1, -0.05) is 30.7 Å². The monoisotopic (exact) mass is 418 g/mol. The molecule has 164 valence electrons. The number of hydrogen-bond donors (Lipinski definition) is 1. The van der Waals surface area contributed by atoms with Crippen molar-refractivity contribution >= 4 is 16.9 Å². The number of ether oxygens (including phenoxy) is 1. The molecule has 31 heavy (non-hydrogen) atoms. The first kappa shape index (κ1) is 21.6.